The molecule has 0 aromatic heterocycles. The molecule has 6 heteroatoms. The molecule has 27 heavy (non-hydrogen) atoms. The van der Waals surface area contributed by atoms with Gasteiger partial charge in [-0.2, -0.15) is 0 Å². The number of morpholine rings is 1. The Hall–Kier alpha value is -2.57. The lowest BCUT2D eigenvalue weighted by molar-refractivity contribution is 0.0342. The molecule has 0 saturated carbocycles. The van der Waals surface area contributed by atoms with E-state index in [2.05, 4.69) is 34.5 Å². The van der Waals surface area contributed by atoms with Crippen molar-refractivity contribution in [3.8, 4) is 11.5 Å². The van der Waals surface area contributed by atoms with Crippen molar-refractivity contribution in [3.63, 3.8) is 0 Å². The number of methoxy groups -OCH3 is 2. The lowest BCUT2D eigenvalue weighted by Crippen LogP contribution is -2.35. The highest BCUT2D eigenvalue weighted by Gasteiger charge is 2.13. The SMILES string of the molecule is COc1ccc(C(=O)NCc2ccc(CN3CCOCC3)cc2)c(OC)c1. The molecule has 6 nitrogen and oxygen atoms in total. The molecule has 0 spiro atoms. The topological polar surface area (TPSA) is 60.0 Å². The second-order valence-electron chi connectivity index (χ2n) is 6.45. The summed E-state index contributed by atoms with van der Waals surface area (Å²) < 4.78 is 15.8. The Morgan fingerprint density at radius 1 is 1.04 bits per heavy atom. The Balaban J connectivity index is 1.55. The molecule has 2 aromatic rings. The van der Waals surface area contributed by atoms with Gasteiger partial charge in [-0.3, -0.25) is 9.69 Å². The Bertz CT molecular complexity index is 755. The van der Waals surface area contributed by atoms with E-state index in [-0.39, 0.29) is 5.91 Å². The highest BCUT2D eigenvalue weighted by Crippen LogP contribution is 2.24. The molecule has 3 rings (SSSR count). The Kier molecular flexibility index (Phi) is 6.68. The van der Waals surface area contributed by atoms with E-state index >= 15 is 0 Å². The summed E-state index contributed by atoms with van der Waals surface area (Å²) in [5.74, 6) is 0.971. The van der Waals surface area contributed by atoms with Crippen molar-refractivity contribution in [1.29, 1.82) is 0 Å². The standard InChI is InChI=1S/C21H26N2O4/c1-25-18-7-8-19(20(13-18)26-2)21(24)22-14-16-3-5-17(6-4-16)15-23-9-11-27-12-10-23/h3-8,13H,9-12,14-15H2,1-2H3,(H,22,24). The van der Waals surface area contributed by atoms with Crippen molar-refractivity contribution in [1.82, 2.24) is 10.2 Å². The van der Waals surface area contributed by atoms with Crippen LogP contribution in [0.1, 0.15) is 21.5 Å². The van der Waals surface area contributed by atoms with Crippen LogP contribution in [0.3, 0.4) is 0 Å². The van der Waals surface area contributed by atoms with Gasteiger partial charge in [-0.1, -0.05) is 24.3 Å². The van der Waals surface area contributed by atoms with Gasteiger partial charge in [-0.15, -0.1) is 0 Å². The molecule has 1 aliphatic rings. The maximum Gasteiger partial charge on any atom is 0.255 e. The Morgan fingerprint density at radius 3 is 2.41 bits per heavy atom. The second-order valence-corrected chi connectivity index (χ2v) is 6.45. The van der Waals surface area contributed by atoms with Gasteiger partial charge in [-0.25, -0.2) is 0 Å². The molecule has 1 amide bonds. The minimum Gasteiger partial charge on any atom is -0.497 e. The molecule has 0 radical (unpaired) electrons. The molecular weight excluding hydrogens is 344 g/mol. The van der Waals surface area contributed by atoms with Crippen LogP contribution in [0.2, 0.25) is 0 Å². The molecule has 0 atom stereocenters. The van der Waals surface area contributed by atoms with Crippen LogP contribution in [0.5, 0.6) is 11.5 Å². The summed E-state index contributed by atoms with van der Waals surface area (Å²) in [5.41, 5.74) is 2.81. The lowest BCUT2D eigenvalue weighted by Gasteiger charge is -2.26. The van der Waals surface area contributed by atoms with E-state index in [0.29, 0.717) is 23.6 Å². The molecule has 1 fully saturated rings. The number of carbonyl (C=O) groups is 1. The quantitative estimate of drug-likeness (QED) is 0.811. The fourth-order valence-electron chi connectivity index (χ4n) is 3.04. The monoisotopic (exact) mass is 370 g/mol. The predicted octanol–water partition coefficient (Wildman–Crippen LogP) is 2.47. The molecule has 1 aliphatic heterocycles. The smallest absolute Gasteiger partial charge is 0.255 e. The molecule has 0 bridgehead atoms. The third-order valence-corrected chi connectivity index (χ3v) is 4.64. The fourth-order valence-corrected chi connectivity index (χ4v) is 3.04. The number of benzene rings is 2. The number of ether oxygens (including phenoxy) is 3. The first-order valence-electron chi connectivity index (χ1n) is 9.07. The van der Waals surface area contributed by atoms with Crippen molar-refractivity contribution < 1.29 is 19.0 Å². The molecule has 0 aliphatic carbocycles. The largest absolute Gasteiger partial charge is 0.497 e. The van der Waals surface area contributed by atoms with Gasteiger partial charge < -0.3 is 19.5 Å². The van der Waals surface area contributed by atoms with Gasteiger partial charge in [-0.05, 0) is 23.3 Å². The van der Waals surface area contributed by atoms with Crippen molar-refractivity contribution in [2.75, 3.05) is 40.5 Å². The van der Waals surface area contributed by atoms with Crippen LogP contribution in [-0.2, 0) is 17.8 Å². The molecule has 1 heterocycles. The van der Waals surface area contributed by atoms with Crippen LogP contribution in [-0.4, -0.2) is 51.3 Å². The third kappa shape index (κ3) is 5.21. The number of rotatable bonds is 7. The first kappa shape index (κ1) is 19.2. The zero-order valence-corrected chi connectivity index (χ0v) is 15.9. The first-order chi connectivity index (χ1) is 13.2. The van der Waals surface area contributed by atoms with Gasteiger partial charge in [0.05, 0.1) is 33.0 Å². The van der Waals surface area contributed by atoms with Gasteiger partial charge in [0.2, 0.25) is 0 Å². The molecule has 1 N–H and O–H groups in total. The van der Waals surface area contributed by atoms with Crippen LogP contribution in [0, 0.1) is 0 Å². The minimum absolute atomic E-state index is 0.174. The average Bonchev–Trinajstić information content (AvgIpc) is 2.73. The number of amides is 1. The van der Waals surface area contributed by atoms with Crippen LogP contribution in [0.15, 0.2) is 42.5 Å². The Labute approximate surface area is 160 Å². The van der Waals surface area contributed by atoms with E-state index in [9.17, 15) is 4.79 Å². The van der Waals surface area contributed by atoms with E-state index in [1.54, 1.807) is 32.4 Å². The van der Waals surface area contributed by atoms with Crippen LogP contribution in [0.25, 0.3) is 0 Å². The number of nitrogens with zero attached hydrogens (tertiary/aromatic N) is 1. The normalized spacial score (nSPS) is 14.6. The Morgan fingerprint density at radius 2 is 1.74 bits per heavy atom. The molecule has 1 saturated heterocycles. The van der Waals surface area contributed by atoms with E-state index in [0.717, 1.165) is 38.4 Å². The predicted molar refractivity (Wildman–Crippen MR) is 103 cm³/mol. The van der Waals surface area contributed by atoms with Crippen molar-refractivity contribution >= 4 is 5.91 Å². The second kappa shape index (κ2) is 9.39. The lowest BCUT2D eigenvalue weighted by atomic mass is 10.1. The number of hydrogen-bond acceptors (Lipinski definition) is 5. The maximum atomic E-state index is 12.5. The minimum atomic E-state index is -0.174. The summed E-state index contributed by atoms with van der Waals surface area (Å²) in [6.07, 6.45) is 0. The molecule has 144 valence electrons. The van der Waals surface area contributed by atoms with Crippen molar-refractivity contribution in [2.45, 2.75) is 13.1 Å². The van der Waals surface area contributed by atoms with E-state index in [1.165, 1.54) is 5.56 Å². The summed E-state index contributed by atoms with van der Waals surface area (Å²) >= 11 is 0. The zero-order chi connectivity index (χ0) is 19.1. The van der Waals surface area contributed by atoms with Crippen LogP contribution < -0.4 is 14.8 Å². The zero-order valence-electron chi connectivity index (χ0n) is 15.9. The molecule has 2 aromatic carbocycles. The van der Waals surface area contributed by atoms with E-state index in [1.807, 2.05) is 0 Å². The summed E-state index contributed by atoms with van der Waals surface area (Å²) in [6, 6.07) is 13.5. The summed E-state index contributed by atoms with van der Waals surface area (Å²) in [5, 5.41) is 2.94. The highest BCUT2D eigenvalue weighted by molar-refractivity contribution is 5.97. The van der Waals surface area contributed by atoms with E-state index in [4.69, 9.17) is 14.2 Å². The first-order valence-corrected chi connectivity index (χ1v) is 9.07. The maximum absolute atomic E-state index is 12.5. The number of carbonyl (C=O) groups excluding carboxylic acids is 1. The average molecular weight is 370 g/mol. The van der Waals surface area contributed by atoms with Gasteiger partial charge in [0.1, 0.15) is 11.5 Å². The van der Waals surface area contributed by atoms with E-state index < -0.39 is 0 Å². The molecule has 0 unspecified atom stereocenters. The molecular formula is C21H26N2O4. The summed E-state index contributed by atoms with van der Waals surface area (Å²) in [6.45, 7) is 4.95. The number of hydrogen-bond donors (Lipinski definition) is 1. The highest BCUT2D eigenvalue weighted by atomic mass is 16.5. The number of nitrogens with one attached hydrogen (secondary N) is 1. The third-order valence-electron chi connectivity index (χ3n) is 4.64. The van der Waals surface area contributed by atoms with Gasteiger partial charge in [0, 0.05) is 32.2 Å². The van der Waals surface area contributed by atoms with Crippen molar-refractivity contribution in [2.24, 2.45) is 0 Å². The van der Waals surface area contributed by atoms with Gasteiger partial charge >= 0.3 is 0 Å². The fraction of sp³-hybridized carbons (Fsp3) is 0.381. The van der Waals surface area contributed by atoms with Crippen LogP contribution in [0.4, 0.5) is 0 Å². The van der Waals surface area contributed by atoms with Gasteiger partial charge in [0.15, 0.2) is 0 Å². The summed E-state index contributed by atoms with van der Waals surface area (Å²) in [7, 11) is 3.12. The van der Waals surface area contributed by atoms with Gasteiger partial charge in [0.25, 0.3) is 5.91 Å². The van der Waals surface area contributed by atoms with Crippen LogP contribution >= 0.6 is 0 Å². The summed E-state index contributed by atoms with van der Waals surface area (Å²) in [4.78, 5) is 14.9. The van der Waals surface area contributed by atoms with Crippen molar-refractivity contribution in [3.05, 3.63) is 59.2 Å².